The van der Waals surface area contributed by atoms with Crippen molar-refractivity contribution in [1.29, 1.82) is 0 Å². The summed E-state index contributed by atoms with van der Waals surface area (Å²) in [5.74, 6) is -0.580. The van der Waals surface area contributed by atoms with Crippen LogP contribution in [0, 0.1) is 0 Å². The average Bonchev–Trinajstić information content (AvgIpc) is 2.64. The second-order valence-electron chi connectivity index (χ2n) is 4.31. The van der Waals surface area contributed by atoms with Crippen LogP contribution in [0.4, 0.5) is 4.79 Å². The first-order chi connectivity index (χ1) is 12.0. The fourth-order valence-electron chi connectivity index (χ4n) is 1.22. The van der Waals surface area contributed by atoms with Gasteiger partial charge in [0, 0.05) is 0 Å². The molecule has 0 atom stereocenters. The molecular weight excluding hydrogens is 318 g/mol. The second kappa shape index (κ2) is 17.5. The van der Waals surface area contributed by atoms with Gasteiger partial charge in [-0.15, -0.1) is 0 Å². The van der Waals surface area contributed by atoms with E-state index < -0.39 is 12.1 Å². The molecule has 0 rings (SSSR count). The molecule has 0 bridgehead atoms. The number of carbonyl (C=O) groups excluding carboxylic acids is 2. The van der Waals surface area contributed by atoms with Crippen molar-refractivity contribution in [2.75, 3.05) is 19.8 Å². The maximum absolute atomic E-state index is 11.5. The van der Waals surface area contributed by atoms with Crippen LogP contribution in [0.2, 0.25) is 0 Å². The molecule has 1 N–H and O–H groups in total. The summed E-state index contributed by atoms with van der Waals surface area (Å²) in [7, 11) is 0. The summed E-state index contributed by atoms with van der Waals surface area (Å²) >= 11 is 0. The molecule has 5 nitrogen and oxygen atoms in total. The monoisotopic (exact) mass is 347 g/mol. The van der Waals surface area contributed by atoms with Gasteiger partial charge in [-0.1, -0.05) is 76.1 Å². The summed E-state index contributed by atoms with van der Waals surface area (Å²) in [5.41, 5.74) is 1.36. The highest BCUT2D eigenvalue weighted by atomic mass is 16.6. The number of hydrogen-bond acceptors (Lipinski definition) is 4. The highest BCUT2D eigenvalue weighted by Gasteiger charge is 2.07. The molecule has 0 heterocycles. The molecule has 0 spiro atoms. The molecule has 0 fully saturated rings. The molecule has 0 aromatic carbocycles. The number of nitrogens with one attached hydrogen (secondary N) is 1. The molecule has 0 aromatic heterocycles. The number of rotatable bonds is 10. The predicted octanol–water partition coefficient (Wildman–Crippen LogP) is 4.27. The van der Waals surface area contributed by atoms with Gasteiger partial charge in [0.05, 0.1) is 0 Å². The molecule has 0 saturated heterocycles. The Bertz CT molecular complexity index is 528. The van der Waals surface area contributed by atoms with Crippen molar-refractivity contribution >= 4 is 12.1 Å². The van der Waals surface area contributed by atoms with Gasteiger partial charge in [0.1, 0.15) is 19.8 Å². The number of carbonyl (C=O) groups is 2. The summed E-state index contributed by atoms with van der Waals surface area (Å²) < 4.78 is 9.87. The standard InChI is InChI=1S/C18H23NO4.C2H6/c1-5-8-10-15(4)13-22-17(20)12-19-18(21)23-14-16(7-3)11-9-6-2;1-2/h5-11H,1,3-4,12-14H2,2H3,(H,19,21);1-2H3/b9-6-,10-8-,16-11+;. The van der Waals surface area contributed by atoms with Crippen LogP contribution in [0.15, 0.2) is 73.4 Å². The zero-order chi connectivity index (χ0) is 19.5. The van der Waals surface area contributed by atoms with Gasteiger partial charge in [0.25, 0.3) is 0 Å². The number of esters is 1. The summed E-state index contributed by atoms with van der Waals surface area (Å²) in [6.45, 7) is 16.5. The van der Waals surface area contributed by atoms with Crippen LogP contribution >= 0.6 is 0 Å². The zero-order valence-corrected chi connectivity index (χ0v) is 15.4. The van der Waals surface area contributed by atoms with E-state index in [2.05, 4.69) is 25.1 Å². The number of amides is 1. The first kappa shape index (κ1) is 24.4. The highest BCUT2D eigenvalue weighted by molar-refractivity contribution is 5.78. The fourth-order valence-corrected chi connectivity index (χ4v) is 1.22. The van der Waals surface area contributed by atoms with Gasteiger partial charge in [0.2, 0.25) is 0 Å². The molecule has 0 saturated carbocycles. The molecule has 0 aliphatic rings. The van der Waals surface area contributed by atoms with Crippen LogP contribution in [-0.4, -0.2) is 31.8 Å². The molecule has 25 heavy (non-hydrogen) atoms. The minimum Gasteiger partial charge on any atom is -0.460 e. The molecule has 1 amide bonds. The van der Waals surface area contributed by atoms with Gasteiger partial charge in [-0.3, -0.25) is 4.79 Å². The number of hydrogen-bond donors (Lipinski definition) is 1. The van der Waals surface area contributed by atoms with Gasteiger partial charge in [0.15, 0.2) is 0 Å². The Morgan fingerprint density at radius 1 is 1.08 bits per heavy atom. The molecule has 0 aromatic rings. The molecule has 0 aliphatic heterocycles. The predicted molar refractivity (Wildman–Crippen MR) is 103 cm³/mol. The lowest BCUT2D eigenvalue weighted by Gasteiger charge is -2.08. The van der Waals surface area contributed by atoms with Crippen molar-refractivity contribution in [3.8, 4) is 0 Å². The first-order valence-electron chi connectivity index (χ1n) is 8.00. The third-order valence-electron chi connectivity index (χ3n) is 2.40. The van der Waals surface area contributed by atoms with E-state index in [0.29, 0.717) is 5.57 Å². The van der Waals surface area contributed by atoms with E-state index in [9.17, 15) is 9.59 Å². The molecular formula is C20H29NO4. The lowest BCUT2D eigenvalue weighted by molar-refractivity contribution is -0.141. The minimum absolute atomic E-state index is 0.0482. The number of ether oxygens (including phenoxy) is 2. The topological polar surface area (TPSA) is 64.6 Å². The summed E-state index contributed by atoms with van der Waals surface area (Å²) in [5, 5.41) is 2.31. The SMILES string of the molecule is C=C/C=C\C(=C)COC(=O)CNC(=O)OC/C(C=C)=C/C=C\C.CC. The third kappa shape index (κ3) is 15.8. The van der Waals surface area contributed by atoms with E-state index in [0.717, 1.165) is 5.57 Å². The number of alkyl carbamates (subject to hydrolysis) is 1. The maximum atomic E-state index is 11.5. The maximum Gasteiger partial charge on any atom is 0.407 e. The van der Waals surface area contributed by atoms with Crippen molar-refractivity contribution in [3.63, 3.8) is 0 Å². The molecule has 0 aliphatic carbocycles. The van der Waals surface area contributed by atoms with Gasteiger partial charge < -0.3 is 14.8 Å². The Morgan fingerprint density at radius 3 is 2.32 bits per heavy atom. The second-order valence-corrected chi connectivity index (χ2v) is 4.31. The average molecular weight is 347 g/mol. The van der Waals surface area contributed by atoms with Crippen LogP contribution in [0.1, 0.15) is 20.8 Å². The molecule has 5 heteroatoms. The van der Waals surface area contributed by atoms with Crippen molar-refractivity contribution in [3.05, 3.63) is 73.4 Å². The molecule has 0 unspecified atom stereocenters. The quantitative estimate of drug-likeness (QED) is 0.473. The summed E-state index contributed by atoms with van der Waals surface area (Å²) in [6, 6.07) is 0. The molecule has 0 radical (unpaired) electrons. The van der Waals surface area contributed by atoms with Crippen molar-refractivity contribution < 1.29 is 19.1 Å². The van der Waals surface area contributed by atoms with E-state index in [1.54, 1.807) is 30.4 Å². The van der Waals surface area contributed by atoms with Crippen LogP contribution < -0.4 is 5.32 Å². The third-order valence-corrected chi connectivity index (χ3v) is 2.40. The largest absolute Gasteiger partial charge is 0.460 e. The van der Waals surface area contributed by atoms with E-state index in [-0.39, 0.29) is 19.8 Å². The Labute approximate surface area is 151 Å². The van der Waals surface area contributed by atoms with Crippen LogP contribution in [0.5, 0.6) is 0 Å². The fraction of sp³-hybridized carbons (Fsp3) is 0.300. The van der Waals surface area contributed by atoms with Crippen molar-refractivity contribution in [2.24, 2.45) is 0 Å². The minimum atomic E-state index is -0.708. The lowest BCUT2D eigenvalue weighted by atomic mass is 10.2. The Hall–Kier alpha value is -2.82. The summed E-state index contributed by atoms with van der Waals surface area (Å²) in [6.07, 6.45) is 11.3. The Kier molecular flexibility index (Phi) is 17.1. The van der Waals surface area contributed by atoms with Crippen molar-refractivity contribution in [2.45, 2.75) is 20.8 Å². The van der Waals surface area contributed by atoms with E-state index in [4.69, 9.17) is 9.47 Å². The van der Waals surface area contributed by atoms with Gasteiger partial charge in [-0.05, 0) is 18.1 Å². The highest BCUT2D eigenvalue weighted by Crippen LogP contribution is 1.98. The van der Waals surface area contributed by atoms with E-state index >= 15 is 0 Å². The Morgan fingerprint density at radius 2 is 1.76 bits per heavy atom. The normalized spacial score (nSPS) is 10.6. The number of allylic oxidation sites excluding steroid dienone is 5. The molecule has 138 valence electrons. The van der Waals surface area contributed by atoms with Gasteiger partial charge in [-0.2, -0.15) is 0 Å². The first-order valence-corrected chi connectivity index (χ1v) is 8.00. The van der Waals surface area contributed by atoms with Crippen LogP contribution in [0.25, 0.3) is 0 Å². The smallest absolute Gasteiger partial charge is 0.407 e. The van der Waals surface area contributed by atoms with Crippen LogP contribution in [-0.2, 0) is 14.3 Å². The van der Waals surface area contributed by atoms with Crippen LogP contribution in [0.3, 0.4) is 0 Å². The van der Waals surface area contributed by atoms with Gasteiger partial charge in [-0.25, -0.2) is 4.79 Å². The van der Waals surface area contributed by atoms with E-state index in [1.165, 1.54) is 0 Å². The Balaban J connectivity index is 0. The van der Waals surface area contributed by atoms with Gasteiger partial charge >= 0.3 is 12.1 Å². The van der Waals surface area contributed by atoms with Crippen molar-refractivity contribution in [1.82, 2.24) is 5.32 Å². The summed E-state index contributed by atoms with van der Waals surface area (Å²) in [4.78, 5) is 22.9. The van der Waals surface area contributed by atoms with E-state index in [1.807, 2.05) is 32.9 Å². The zero-order valence-electron chi connectivity index (χ0n) is 15.4. The lowest BCUT2D eigenvalue weighted by Crippen LogP contribution is -2.31.